The molecule has 0 atom stereocenters. The number of nitrogens with one attached hydrogen (secondary N) is 1. The Bertz CT molecular complexity index is 842. The van der Waals surface area contributed by atoms with Gasteiger partial charge in [0.15, 0.2) is 5.76 Å². The first-order valence-corrected chi connectivity index (χ1v) is 8.12. The highest BCUT2D eigenvalue weighted by molar-refractivity contribution is 5.67. The first-order chi connectivity index (χ1) is 12.2. The highest BCUT2D eigenvalue weighted by Crippen LogP contribution is 2.33. The summed E-state index contributed by atoms with van der Waals surface area (Å²) in [5, 5.41) is 12.1. The summed E-state index contributed by atoms with van der Waals surface area (Å²) in [4.78, 5) is 4.29. The number of benzene rings is 2. The van der Waals surface area contributed by atoms with Gasteiger partial charge in [-0.2, -0.15) is 0 Å². The van der Waals surface area contributed by atoms with Crippen LogP contribution in [0.1, 0.15) is 17.5 Å². The van der Waals surface area contributed by atoms with Crippen molar-refractivity contribution in [3.05, 3.63) is 66.7 Å². The van der Waals surface area contributed by atoms with E-state index in [9.17, 15) is 0 Å². The molecule has 1 radical (unpaired) electrons. The van der Waals surface area contributed by atoms with Crippen LogP contribution >= 0.6 is 0 Å². The number of rotatable bonds is 7. The summed E-state index contributed by atoms with van der Waals surface area (Å²) >= 11 is 0. The Morgan fingerprint density at radius 3 is 2.88 bits per heavy atom. The van der Waals surface area contributed by atoms with Gasteiger partial charge in [0.05, 0.1) is 18.9 Å². The first kappa shape index (κ1) is 17.0. The van der Waals surface area contributed by atoms with Crippen LogP contribution in [0.4, 0.5) is 11.7 Å². The van der Waals surface area contributed by atoms with Crippen molar-refractivity contribution in [1.29, 1.82) is 0 Å². The van der Waals surface area contributed by atoms with Gasteiger partial charge >= 0.3 is 0 Å². The maximum absolute atomic E-state index is 9.01. The fraction of sp³-hybridized carbons (Fsp3) is 0.200. The second-order valence-electron chi connectivity index (χ2n) is 5.72. The lowest BCUT2D eigenvalue weighted by atomic mass is 10.0. The SMILES string of the molecule is [CH2]c1cccc(Nc2ncc(-c3cc(CCCO)ccc3OC)o2)c1. The highest BCUT2D eigenvalue weighted by atomic mass is 16.5. The van der Waals surface area contributed by atoms with Gasteiger partial charge in [0.1, 0.15) is 5.75 Å². The van der Waals surface area contributed by atoms with Crippen LogP contribution in [0.3, 0.4) is 0 Å². The van der Waals surface area contributed by atoms with Gasteiger partial charge in [-0.05, 0) is 55.2 Å². The zero-order valence-corrected chi connectivity index (χ0v) is 14.2. The van der Waals surface area contributed by atoms with E-state index in [1.54, 1.807) is 13.3 Å². The van der Waals surface area contributed by atoms with Crippen LogP contribution in [0.2, 0.25) is 0 Å². The van der Waals surface area contributed by atoms with Crippen LogP contribution in [-0.4, -0.2) is 23.8 Å². The normalized spacial score (nSPS) is 10.7. The Balaban J connectivity index is 1.85. The van der Waals surface area contributed by atoms with Crippen LogP contribution in [0, 0.1) is 6.92 Å². The number of methoxy groups -OCH3 is 1. The Morgan fingerprint density at radius 2 is 2.12 bits per heavy atom. The van der Waals surface area contributed by atoms with Gasteiger partial charge in [0.25, 0.3) is 6.01 Å². The Hall–Kier alpha value is -2.79. The molecule has 25 heavy (non-hydrogen) atoms. The standard InChI is InChI=1S/C20H21N2O3/c1-14-5-3-7-16(11-14)22-20-21-13-19(25-20)17-12-15(6-4-10-23)8-9-18(17)24-2/h3,5,7-9,11-13,23H,1,4,6,10H2,2H3,(H,21,22). The molecule has 2 N–H and O–H groups in total. The van der Waals surface area contributed by atoms with Crippen molar-refractivity contribution < 1.29 is 14.3 Å². The monoisotopic (exact) mass is 337 g/mol. The van der Waals surface area contributed by atoms with Crippen LogP contribution in [0.25, 0.3) is 11.3 Å². The third-order valence-electron chi connectivity index (χ3n) is 3.84. The van der Waals surface area contributed by atoms with E-state index in [-0.39, 0.29) is 6.61 Å². The van der Waals surface area contributed by atoms with E-state index < -0.39 is 0 Å². The van der Waals surface area contributed by atoms with Gasteiger partial charge in [0, 0.05) is 12.3 Å². The fourth-order valence-corrected chi connectivity index (χ4v) is 2.62. The molecule has 0 saturated carbocycles. The molecule has 129 valence electrons. The molecule has 3 rings (SSSR count). The van der Waals surface area contributed by atoms with E-state index in [0.717, 1.165) is 41.0 Å². The average Bonchev–Trinajstić information content (AvgIpc) is 3.08. The lowest BCUT2D eigenvalue weighted by Crippen LogP contribution is -1.93. The molecule has 0 unspecified atom stereocenters. The van der Waals surface area contributed by atoms with Crippen LogP contribution < -0.4 is 10.1 Å². The maximum atomic E-state index is 9.01. The Kier molecular flexibility index (Phi) is 5.36. The predicted molar refractivity (Wildman–Crippen MR) is 98.1 cm³/mol. The quantitative estimate of drug-likeness (QED) is 0.676. The molecule has 0 fully saturated rings. The lowest BCUT2D eigenvalue weighted by Gasteiger charge is -2.08. The third-order valence-corrected chi connectivity index (χ3v) is 3.84. The summed E-state index contributed by atoms with van der Waals surface area (Å²) in [6.07, 6.45) is 3.18. The summed E-state index contributed by atoms with van der Waals surface area (Å²) in [6.45, 7) is 4.08. The van der Waals surface area contributed by atoms with Gasteiger partial charge < -0.3 is 19.6 Å². The molecule has 0 saturated heterocycles. The summed E-state index contributed by atoms with van der Waals surface area (Å²) < 4.78 is 11.3. The molecule has 5 nitrogen and oxygen atoms in total. The number of ether oxygens (including phenoxy) is 1. The Labute approximate surface area is 147 Å². The molecule has 0 aliphatic carbocycles. The van der Waals surface area contributed by atoms with Crippen molar-refractivity contribution in [1.82, 2.24) is 4.98 Å². The summed E-state index contributed by atoms with van der Waals surface area (Å²) in [5.41, 5.74) is 3.73. The van der Waals surface area contributed by atoms with Crippen molar-refractivity contribution in [2.45, 2.75) is 12.8 Å². The third kappa shape index (κ3) is 4.19. The first-order valence-electron chi connectivity index (χ1n) is 8.12. The van der Waals surface area contributed by atoms with Gasteiger partial charge in [-0.25, -0.2) is 4.98 Å². The van der Waals surface area contributed by atoms with Gasteiger partial charge in [0.2, 0.25) is 0 Å². The second kappa shape index (κ2) is 7.85. The zero-order chi connectivity index (χ0) is 17.6. The number of aromatic nitrogens is 1. The van der Waals surface area contributed by atoms with Gasteiger partial charge in [-0.1, -0.05) is 18.2 Å². The van der Waals surface area contributed by atoms with Crippen molar-refractivity contribution in [2.75, 3.05) is 19.0 Å². The number of anilines is 2. The predicted octanol–water partition coefficient (Wildman–Crippen LogP) is 4.20. The molecule has 0 aliphatic rings. The number of aliphatic hydroxyl groups is 1. The topological polar surface area (TPSA) is 67.5 Å². The number of aliphatic hydroxyl groups excluding tert-OH is 1. The van der Waals surface area contributed by atoms with E-state index in [1.807, 2.05) is 42.5 Å². The van der Waals surface area contributed by atoms with E-state index in [2.05, 4.69) is 17.2 Å². The number of hydrogen-bond donors (Lipinski definition) is 2. The molecular formula is C20H21N2O3. The minimum absolute atomic E-state index is 0.170. The lowest BCUT2D eigenvalue weighted by molar-refractivity contribution is 0.288. The van der Waals surface area contributed by atoms with Crippen molar-refractivity contribution in [3.8, 4) is 17.1 Å². The molecule has 1 aromatic heterocycles. The minimum Gasteiger partial charge on any atom is -0.496 e. The number of hydrogen-bond acceptors (Lipinski definition) is 5. The molecule has 0 amide bonds. The van der Waals surface area contributed by atoms with E-state index in [0.29, 0.717) is 11.8 Å². The van der Waals surface area contributed by atoms with E-state index in [1.165, 1.54) is 0 Å². The van der Waals surface area contributed by atoms with Crippen LogP contribution in [-0.2, 0) is 6.42 Å². The largest absolute Gasteiger partial charge is 0.496 e. The van der Waals surface area contributed by atoms with Crippen LogP contribution in [0.5, 0.6) is 5.75 Å². The Morgan fingerprint density at radius 1 is 1.24 bits per heavy atom. The molecular weight excluding hydrogens is 316 g/mol. The molecule has 5 heteroatoms. The zero-order valence-electron chi connectivity index (χ0n) is 14.2. The fourth-order valence-electron chi connectivity index (χ4n) is 2.62. The molecule has 0 aliphatic heterocycles. The molecule has 3 aromatic rings. The molecule has 2 aromatic carbocycles. The summed E-state index contributed by atoms with van der Waals surface area (Å²) in [5.74, 6) is 1.34. The number of nitrogens with zero attached hydrogens (tertiary/aromatic N) is 1. The number of aryl methyl sites for hydroxylation is 1. The second-order valence-corrected chi connectivity index (χ2v) is 5.72. The average molecular weight is 337 g/mol. The summed E-state index contributed by atoms with van der Waals surface area (Å²) in [6, 6.07) is 14.0. The highest BCUT2D eigenvalue weighted by Gasteiger charge is 2.13. The van der Waals surface area contributed by atoms with Gasteiger partial charge in [-0.15, -0.1) is 0 Å². The molecule has 1 heterocycles. The van der Waals surface area contributed by atoms with Crippen LogP contribution in [0.15, 0.2) is 53.1 Å². The molecule has 0 spiro atoms. The smallest absolute Gasteiger partial charge is 0.299 e. The molecule has 0 bridgehead atoms. The van der Waals surface area contributed by atoms with Crippen molar-refractivity contribution in [2.24, 2.45) is 0 Å². The summed E-state index contributed by atoms with van der Waals surface area (Å²) in [7, 11) is 1.63. The van der Waals surface area contributed by atoms with Gasteiger partial charge in [-0.3, -0.25) is 0 Å². The minimum atomic E-state index is 0.170. The maximum Gasteiger partial charge on any atom is 0.299 e. The van der Waals surface area contributed by atoms with Crippen molar-refractivity contribution >= 4 is 11.7 Å². The van der Waals surface area contributed by atoms with E-state index in [4.69, 9.17) is 14.3 Å². The number of oxazole rings is 1. The van der Waals surface area contributed by atoms with Crippen molar-refractivity contribution in [3.63, 3.8) is 0 Å². The van der Waals surface area contributed by atoms with E-state index >= 15 is 0 Å².